The summed E-state index contributed by atoms with van der Waals surface area (Å²) in [6.07, 6.45) is 0. The fourth-order valence-electron chi connectivity index (χ4n) is 5.20. The van der Waals surface area contributed by atoms with Gasteiger partial charge in [-0.3, -0.25) is 4.79 Å². The number of aromatic nitrogens is 1. The van der Waals surface area contributed by atoms with E-state index in [1.165, 1.54) is 45.6 Å². The number of nitriles is 1. The molecule has 0 spiro atoms. The molecule has 41 heavy (non-hydrogen) atoms. The third-order valence-electron chi connectivity index (χ3n) is 7.29. The SMILES string of the molecule is Cc1ccc(S(=O)(=O)n2c(-c3cccc(N4CC(C(=O)N=O)C4)c3)c(-c3ccsc3C#N)c3cc(F)ccc32)cc1. The van der Waals surface area contributed by atoms with Crippen molar-refractivity contribution in [2.24, 2.45) is 11.1 Å². The Morgan fingerprint density at radius 3 is 2.54 bits per heavy atom. The highest BCUT2D eigenvalue weighted by atomic mass is 32.2. The third kappa shape index (κ3) is 4.41. The van der Waals surface area contributed by atoms with E-state index in [-0.39, 0.29) is 16.1 Å². The zero-order chi connectivity index (χ0) is 28.9. The van der Waals surface area contributed by atoms with Gasteiger partial charge in [-0.25, -0.2) is 16.8 Å². The van der Waals surface area contributed by atoms with E-state index in [2.05, 4.69) is 11.2 Å². The van der Waals surface area contributed by atoms with Crippen LogP contribution < -0.4 is 4.90 Å². The number of fused-ring (bicyclic) bond motifs is 1. The van der Waals surface area contributed by atoms with Crippen molar-refractivity contribution in [3.8, 4) is 28.5 Å². The highest BCUT2D eigenvalue weighted by Gasteiger charge is 2.35. The van der Waals surface area contributed by atoms with Crippen LogP contribution in [0.25, 0.3) is 33.3 Å². The Bertz CT molecular complexity index is 2000. The van der Waals surface area contributed by atoms with Gasteiger partial charge in [-0.05, 0) is 60.8 Å². The van der Waals surface area contributed by atoms with Gasteiger partial charge in [0.15, 0.2) is 0 Å². The Morgan fingerprint density at radius 2 is 1.83 bits per heavy atom. The second kappa shape index (κ2) is 10.1. The number of aryl methyl sites for hydroxylation is 1. The number of hydrogen-bond donors (Lipinski definition) is 0. The number of hydrogen-bond acceptors (Lipinski definition) is 7. The molecule has 0 unspecified atom stereocenters. The van der Waals surface area contributed by atoms with Gasteiger partial charge in [-0.1, -0.05) is 29.8 Å². The molecule has 1 fully saturated rings. The maximum Gasteiger partial charge on any atom is 0.292 e. The zero-order valence-electron chi connectivity index (χ0n) is 21.6. The predicted octanol–water partition coefficient (Wildman–Crippen LogP) is 6.32. The second-order valence-corrected chi connectivity index (χ2v) is 12.5. The van der Waals surface area contributed by atoms with E-state index in [1.54, 1.807) is 41.8 Å². The number of thiophene rings is 1. The monoisotopic (exact) mass is 584 g/mol. The summed E-state index contributed by atoms with van der Waals surface area (Å²) >= 11 is 1.21. The number of anilines is 1. The summed E-state index contributed by atoms with van der Waals surface area (Å²) < 4.78 is 44.6. The largest absolute Gasteiger partial charge is 0.370 e. The quantitative estimate of drug-likeness (QED) is 0.216. The van der Waals surface area contributed by atoms with Crippen LogP contribution in [0.2, 0.25) is 0 Å². The molecule has 0 atom stereocenters. The molecule has 6 rings (SSSR count). The van der Waals surface area contributed by atoms with Crippen LogP contribution >= 0.6 is 11.3 Å². The summed E-state index contributed by atoms with van der Waals surface area (Å²) in [5.74, 6) is -1.74. The van der Waals surface area contributed by atoms with Crippen molar-refractivity contribution < 1.29 is 17.6 Å². The van der Waals surface area contributed by atoms with Crippen LogP contribution in [-0.4, -0.2) is 31.4 Å². The molecule has 0 radical (unpaired) electrons. The van der Waals surface area contributed by atoms with Crippen molar-refractivity contribution >= 4 is 43.9 Å². The number of benzene rings is 3. The molecule has 0 aliphatic carbocycles. The lowest BCUT2D eigenvalue weighted by molar-refractivity contribution is -0.122. The van der Waals surface area contributed by atoms with E-state index in [0.29, 0.717) is 45.7 Å². The zero-order valence-corrected chi connectivity index (χ0v) is 23.2. The minimum Gasteiger partial charge on any atom is -0.370 e. The van der Waals surface area contributed by atoms with Crippen LogP contribution in [-0.2, 0) is 14.8 Å². The number of halogens is 1. The first kappa shape index (κ1) is 26.6. The number of carbonyl (C=O) groups excluding carboxylic acids is 1. The Balaban J connectivity index is 1.65. The van der Waals surface area contributed by atoms with Gasteiger partial charge in [0.1, 0.15) is 16.8 Å². The summed E-state index contributed by atoms with van der Waals surface area (Å²) in [6, 6.07) is 21.5. The number of nitroso groups, excluding NO2 is 1. The number of carbonyl (C=O) groups is 1. The Kier molecular flexibility index (Phi) is 6.52. The van der Waals surface area contributed by atoms with Gasteiger partial charge in [0, 0.05) is 46.0 Å². The smallest absolute Gasteiger partial charge is 0.292 e. The standard InChI is InChI=1S/C30H21FN4O4S2/c1-18-5-8-23(9-6-18)41(38,39)35-26-10-7-21(31)14-25(26)28(24-11-12-40-27(24)15-32)29(35)19-3-2-4-22(13-19)34-16-20(17-34)30(36)33-37/h2-14,20H,16-17H2,1H3. The summed E-state index contributed by atoms with van der Waals surface area (Å²) in [5, 5.41) is 14.5. The minimum atomic E-state index is -4.20. The van der Waals surface area contributed by atoms with E-state index in [1.807, 2.05) is 17.9 Å². The van der Waals surface area contributed by atoms with Gasteiger partial charge in [0.25, 0.3) is 15.9 Å². The molecule has 11 heteroatoms. The molecule has 5 aromatic rings. The molecule has 3 aromatic carbocycles. The lowest BCUT2D eigenvalue weighted by Gasteiger charge is -2.38. The maximum absolute atomic E-state index is 14.7. The molecule has 2 aromatic heterocycles. The van der Waals surface area contributed by atoms with Gasteiger partial charge in [0.05, 0.1) is 22.0 Å². The topological polar surface area (TPSA) is 113 Å². The van der Waals surface area contributed by atoms with Gasteiger partial charge >= 0.3 is 0 Å². The van der Waals surface area contributed by atoms with Crippen LogP contribution in [0, 0.1) is 34.9 Å². The average molecular weight is 585 g/mol. The third-order valence-corrected chi connectivity index (χ3v) is 9.83. The molecule has 1 aliphatic rings. The Hall–Kier alpha value is -4.66. The minimum absolute atomic E-state index is 0.0598. The molecule has 1 aliphatic heterocycles. The normalized spacial score (nSPS) is 13.6. The van der Waals surface area contributed by atoms with E-state index in [0.717, 1.165) is 5.56 Å². The van der Waals surface area contributed by atoms with Crippen molar-refractivity contribution in [3.63, 3.8) is 0 Å². The van der Waals surface area contributed by atoms with Gasteiger partial charge in [0.2, 0.25) is 0 Å². The van der Waals surface area contributed by atoms with Crippen LogP contribution in [0.15, 0.2) is 88.2 Å². The van der Waals surface area contributed by atoms with E-state index in [9.17, 15) is 27.8 Å². The molecule has 0 N–H and O–H groups in total. The maximum atomic E-state index is 14.7. The summed E-state index contributed by atoms with van der Waals surface area (Å²) in [6.45, 7) is 2.47. The first-order chi connectivity index (χ1) is 19.7. The first-order valence-corrected chi connectivity index (χ1v) is 14.9. The van der Waals surface area contributed by atoms with Crippen molar-refractivity contribution in [1.82, 2.24) is 3.97 Å². The van der Waals surface area contributed by atoms with Crippen molar-refractivity contribution in [2.75, 3.05) is 18.0 Å². The fourth-order valence-corrected chi connectivity index (χ4v) is 7.43. The van der Waals surface area contributed by atoms with E-state index < -0.39 is 27.7 Å². The van der Waals surface area contributed by atoms with Crippen LogP contribution in [0.5, 0.6) is 0 Å². The highest BCUT2D eigenvalue weighted by molar-refractivity contribution is 7.90. The molecule has 204 valence electrons. The van der Waals surface area contributed by atoms with Gasteiger partial charge in [-0.2, -0.15) is 5.26 Å². The lowest BCUT2D eigenvalue weighted by Crippen LogP contribution is -2.50. The molecule has 8 nitrogen and oxygen atoms in total. The fraction of sp³-hybridized carbons (Fsp3) is 0.133. The highest BCUT2D eigenvalue weighted by Crippen LogP contribution is 2.46. The molecular formula is C30H21FN4O4S2. The first-order valence-electron chi connectivity index (χ1n) is 12.6. The second-order valence-electron chi connectivity index (χ2n) is 9.82. The number of amides is 1. The van der Waals surface area contributed by atoms with E-state index in [4.69, 9.17) is 0 Å². The predicted molar refractivity (Wildman–Crippen MR) is 156 cm³/mol. The molecule has 0 saturated carbocycles. The molecular weight excluding hydrogens is 563 g/mol. The van der Waals surface area contributed by atoms with Crippen LogP contribution in [0.3, 0.4) is 0 Å². The summed E-state index contributed by atoms with van der Waals surface area (Å²) in [4.78, 5) is 24.7. The Labute approximate surface area is 238 Å². The van der Waals surface area contributed by atoms with E-state index >= 15 is 0 Å². The van der Waals surface area contributed by atoms with Crippen molar-refractivity contribution in [2.45, 2.75) is 11.8 Å². The molecule has 1 amide bonds. The number of rotatable bonds is 6. The number of nitrogens with zero attached hydrogens (tertiary/aromatic N) is 4. The average Bonchev–Trinajstić information content (AvgIpc) is 3.54. The summed E-state index contributed by atoms with van der Waals surface area (Å²) in [5.41, 5.74) is 3.60. The van der Waals surface area contributed by atoms with Gasteiger partial charge < -0.3 is 4.90 Å². The van der Waals surface area contributed by atoms with Crippen molar-refractivity contribution in [3.05, 3.63) is 99.3 Å². The van der Waals surface area contributed by atoms with Crippen LogP contribution in [0.4, 0.5) is 10.1 Å². The molecule has 0 bridgehead atoms. The Morgan fingerprint density at radius 1 is 1.07 bits per heavy atom. The molecule has 3 heterocycles. The lowest BCUT2D eigenvalue weighted by atomic mass is 9.96. The summed E-state index contributed by atoms with van der Waals surface area (Å²) in [7, 11) is -4.20. The van der Waals surface area contributed by atoms with Gasteiger partial charge in [-0.15, -0.1) is 16.2 Å². The van der Waals surface area contributed by atoms with Crippen LogP contribution in [0.1, 0.15) is 10.4 Å². The molecule has 1 saturated heterocycles. The van der Waals surface area contributed by atoms with Crippen molar-refractivity contribution in [1.29, 1.82) is 5.26 Å².